The number of hydrogen-bond acceptors (Lipinski definition) is 14. The molecule has 394 valence electrons. The average molecular weight is 986 g/mol. The maximum absolute atomic E-state index is 14.2. The Labute approximate surface area is 415 Å². The van der Waals surface area contributed by atoms with Gasteiger partial charge in [0.25, 0.3) is 11.7 Å². The van der Waals surface area contributed by atoms with Gasteiger partial charge in [0.2, 0.25) is 5.79 Å². The quantitative estimate of drug-likeness (QED) is 0.120. The number of nitrogens with zero attached hydrogens (tertiary/aromatic N) is 1. The number of amides is 1. The number of esters is 1. The van der Waals surface area contributed by atoms with Crippen molar-refractivity contribution in [3.05, 3.63) is 47.6 Å². The number of cyclic esters (lactones) is 1. The molecular weight excluding hydrogens is 903 g/mol. The van der Waals surface area contributed by atoms with E-state index in [1.54, 1.807) is 41.1 Å². The summed E-state index contributed by atoms with van der Waals surface area (Å²) in [6, 6.07) is 0. The molecule has 3 heterocycles. The molecule has 3 N–H and O–H groups in total. The number of hydrogen-bond donors (Lipinski definition) is 3. The Hall–Kier alpha value is -3.90. The van der Waals surface area contributed by atoms with Gasteiger partial charge in [0.15, 0.2) is 5.78 Å². The fourth-order valence-corrected chi connectivity index (χ4v) is 10.6. The Balaban J connectivity index is 1.64. The number of ether oxygens (including phenoxy) is 6. The fourth-order valence-electron chi connectivity index (χ4n) is 10.6. The van der Waals surface area contributed by atoms with E-state index in [4.69, 9.17) is 33.5 Å². The number of fused-ring (bicyclic) bond motifs is 4. The van der Waals surface area contributed by atoms with Crippen molar-refractivity contribution < 1.29 is 72.5 Å². The van der Waals surface area contributed by atoms with Crippen LogP contribution in [-0.4, -0.2) is 145 Å². The highest BCUT2D eigenvalue weighted by atomic mass is 16.6. The molecule has 0 radical (unpaired) electrons. The Morgan fingerprint density at radius 1 is 0.886 bits per heavy atom. The van der Waals surface area contributed by atoms with Gasteiger partial charge >= 0.3 is 11.9 Å². The highest BCUT2D eigenvalue weighted by molar-refractivity contribution is 6.38. The van der Waals surface area contributed by atoms with Crippen molar-refractivity contribution in [2.75, 3.05) is 41.0 Å². The average Bonchev–Trinajstić information content (AvgIpc) is 3.33. The Morgan fingerprint density at radius 2 is 1.61 bits per heavy atom. The monoisotopic (exact) mass is 986 g/mol. The van der Waals surface area contributed by atoms with Crippen LogP contribution in [0.4, 0.5) is 0 Å². The molecule has 3 fully saturated rings. The smallest absolute Gasteiger partial charge is 0.311 e. The van der Waals surface area contributed by atoms with Gasteiger partial charge in [0, 0.05) is 65.0 Å². The maximum Gasteiger partial charge on any atom is 0.311 e. The maximum atomic E-state index is 14.2. The molecule has 0 aromatic carbocycles. The van der Waals surface area contributed by atoms with Crippen molar-refractivity contribution in [1.82, 2.24) is 4.90 Å². The summed E-state index contributed by atoms with van der Waals surface area (Å²) in [5, 5.41) is 32.4. The van der Waals surface area contributed by atoms with Gasteiger partial charge in [-0.2, -0.15) is 0 Å². The van der Waals surface area contributed by atoms with Crippen molar-refractivity contribution in [3.8, 4) is 0 Å². The largest absolute Gasteiger partial charge is 0.481 e. The number of piperidine rings is 1. The third-order valence-electron chi connectivity index (χ3n) is 15.1. The van der Waals surface area contributed by atoms with E-state index in [0.29, 0.717) is 63.4 Å². The molecule has 0 aromatic rings. The standard InChI is InChI=1S/C54H83NO15/c1-32-15-12-11-13-16-33(2)44(65-8)29-41-20-18-38(7)54(64,70-41)51(61)52(62)55-23-14-17-40(31-55)53(63)69-45(35(4)27-39-19-21-43(46(28-39)66-9)68-24-22-47(57)58)30-42(56)34(3)26-37(6)49(60)50(67-10)48(59)36(5)25-32/h11-13,15-16,26,32,34-36,38-41,43-46,49-50,60,64H,14,17-25,27-31H2,1-10H3,(H,57,58)/b13-11+,15-12+,33-16+,37-26+/t32-,34-,35-,36-,38-,39+,40?,41+,43?,44+,45+,46-,49-,50+,54-/m1/s1. The number of Topliss-reactive ketones (excluding diaryl/α,β-unsaturated/α-hetero) is 3. The van der Waals surface area contributed by atoms with Crippen LogP contribution in [0.25, 0.3) is 0 Å². The highest BCUT2D eigenvalue weighted by Gasteiger charge is 2.52. The molecule has 4 bridgehead atoms. The van der Waals surface area contributed by atoms with Gasteiger partial charge in [-0.1, -0.05) is 71.1 Å². The van der Waals surface area contributed by atoms with E-state index in [0.717, 1.165) is 12.0 Å². The van der Waals surface area contributed by atoms with E-state index in [1.165, 1.54) is 12.0 Å². The lowest BCUT2D eigenvalue weighted by Gasteiger charge is -2.42. The topological polar surface area (TPSA) is 222 Å². The first kappa shape index (κ1) is 58.7. The molecule has 3 aliphatic heterocycles. The molecule has 16 heteroatoms. The van der Waals surface area contributed by atoms with Crippen molar-refractivity contribution >= 4 is 35.2 Å². The van der Waals surface area contributed by atoms with Gasteiger partial charge in [0.05, 0.1) is 43.4 Å². The fraction of sp³-hybridized carbons (Fsp3) is 0.741. The lowest BCUT2D eigenvalue weighted by molar-refractivity contribution is -0.265. The van der Waals surface area contributed by atoms with Crippen molar-refractivity contribution in [2.45, 2.75) is 174 Å². The summed E-state index contributed by atoms with van der Waals surface area (Å²) in [6.07, 6.45) is 11.0. The number of aliphatic carboxylic acids is 1. The SMILES string of the molecule is CO[C@H]1C[C@@H]2CC[C@@H](C)[C@@](O)(O2)C(=O)C(=O)N2CCCC(C2)C(=O)O[C@H]([C@H](C)C[C@@H]2CCC(OCCC(=O)O)[C@H](OC)C2)CC(=O)[C@H](C)/C=C(\C)[C@@H](O)[C@@H](OC)C(=O)[C@H](C)C[C@H](C)/C=C/C=C/C=C/1C. The molecule has 1 saturated carbocycles. The van der Waals surface area contributed by atoms with E-state index in [1.807, 2.05) is 58.1 Å². The number of methoxy groups -OCH3 is 3. The lowest BCUT2D eigenvalue weighted by Crippen LogP contribution is -2.59. The minimum atomic E-state index is -2.39. The second-order valence-corrected chi connectivity index (χ2v) is 20.7. The minimum absolute atomic E-state index is 0.00514. The molecule has 2 unspecified atom stereocenters. The molecule has 0 spiro atoms. The molecule has 4 aliphatic rings. The summed E-state index contributed by atoms with van der Waals surface area (Å²) in [4.78, 5) is 82.6. The number of carboxylic acids is 1. The molecular formula is C54H83NO15. The summed E-state index contributed by atoms with van der Waals surface area (Å²) in [5.74, 6) is -9.41. The molecule has 0 aromatic heterocycles. The molecule has 2 saturated heterocycles. The summed E-state index contributed by atoms with van der Waals surface area (Å²) >= 11 is 0. The van der Waals surface area contributed by atoms with E-state index in [2.05, 4.69) is 0 Å². The first-order valence-electron chi connectivity index (χ1n) is 25.4. The first-order valence-corrected chi connectivity index (χ1v) is 25.4. The van der Waals surface area contributed by atoms with Gasteiger partial charge in [-0.15, -0.1) is 0 Å². The van der Waals surface area contributed by atoms with Crippen LogP contribution < -0.4 is 0 Å². The molecule has 16 nitrogen and oxygen atoms in total. The van der Waals surface area contributed by atoms with Gasteiger partial charge in [0.1, 0.15) is 24.1 Å². The molecule has 1 amide bonds. The van der Waals surface area contributed by atoms with Crippen LogP contribution in [0.2, 0.25) is 0 Å². The number of carbonyl (C=O) groups is 6. The van der Waals surface area contributed by atoms with Crippen molar-refractivity contribution in [3.63, 3.8) is 0 Å². The Bertz CT molecular complexity index is 1910. The Kier molecular flexibility index (Phi) is 23.3. The first-order chi connectivity index (χ1) is 33.1. The van der Waals surface area contributed by atoms with E-state index in [-0.39, 0.29) is 74.1 Å². The van der Waals surface area contributed by atoms with Crippen LogP contribution in [0.15, 0.2) is 47.6 Å². The van der Waals surface area contributed by atoms with Crippen LogP contribution in [-0.2, 0) is 57.2 Å². The summed E-state index contributed by atoms with van der Waals surface area (Å²) < 4.78 is 35.5. The lowest BCUT2D eigenvalue weighted by atomic mass is 9.78. The number of aliphatic hydroxyl groups excluding tert-OH is 1. The number of carboxylic acid groups (broad SMARTS) is 1. The summed E-state index contributed by atoms with van der Waals surface area (Å²) in [5.41, 5.74) is 1.26. The predicted molar refractivity (Wildman–Crippen MR) is 261 cm³/mol. The van der Waals surface area contributed by atoms with Crippen molar-refractivity contribution in [2.24, 2.45) is 41.4 Å². The highest BCUT2D eigenvalue weighted by Crippen LogP contribution is 2.38. The summed E-state index contributed by atoms with van der Waals surface area (Å²) in [7, 11) is 4.54. The second-order valence-electron chi connectivity index (χ2n) is 20.7. The van der Waals surface area contributed by atoms with Gasteiger partial charge in [-0.25, -0.2) is 0 Å². The molecule has 4 rings (SSSR count). The molecule has 70 heavy (non-hydrogen) atoms. The van der Waals surface area contributed by atoms with Crippen LogP contribution >= 0.6 is 0 Å². The Morgan fingerprint density at radius 3 is 2.29 bits per heavy atom. The second kappa shape index (κ2) is 27.8. The van der Waals surface area contributed by atoms with E-state index in [9.17, 15) is 39.0 Å². The van der Waals surface area contributed by atoms with Gasteiger partial charge < -0.3 is 48.6 Å². The summed E-state index contributed by atoms with van der Waals surface area (Å²) in [6.45, 7) is 12.8. The zero-order valence-corrected chi connectivity index (χ0v) is 43.3. The third kappa shape index (κ3) is 16.3. The van der Waals surface area contributed by atoms with E-state index < -0.39 is 83.6 Å². The van der Waals surface area contributed by atoms with Crippen LogP contribution in [0.3, 0.4) is 0 Å². The number of rotatable bonds is 10. The number of carbonyl (C=O) groups excluding carboxylic acids is 5. The predicted octanol–water partition coefficient (Wildman–Crippen LogP) is 6.54. The number of aliphatic hydroxyl groups is 2. The van der Waals surface area contributed by atoms with Crippen LogP contribution in [0.1, 0.15) is 126 Å². The van der Waals surface area contributed by atoms with Gasteiger partial charge in [-0.3, -0.25) is 28.8 Å². The van der Waals surface area contributed by atoms with Crippen molar-refractivity contribution in [1.29, 1.82) is 0 Å². The minimum Gasteiger partial charge on any atom is -0.481 e. The number of allylic oxidation sites excluding steroid dienone is 6. The van der Waals surface area contributed by atoms with Crippen LogP contribution in [0, 0.1) is 41.4 Å². The zero-order chi connectivity index (χ0) is 51.9. The third-order valence-corrected chi connectivity index (χ3v) is 15.1. The van der Waals surface area contributed by atoms with Crippen LogP contribution in [0.5, 0.6) is 0 Å². The molecule has 1 aliphatic carbocycles. The zero-order valence-electron chi connectivity index (χ0n) is 43.3. The number of ketones is 3. The van der Waals surface area contributed by atoms with Gasteiger partial charge in [-0.05, 0) is 101 Å². The molecule has 15 atom stereocenters. The normalized spacial score (nSPS) is 38.3. The van der Waals surface area contributed by atoms with E-state index >= 15 is 0 Å².